The Labute approximate surface area is 194 Å². The number of piperidine rings is 1. The number of rotatable bonds is 7. The van der Waals surface area contributed by atoms with Crippen molar-refractivity contribution in [3.63, 3.8) is 0 Å². The van der Waals surface area contributed by atoms with E-state index in [-0.39, 0.29) is 0 Å². The molecule has 0 unspecified atom stereocenters. The molecule has 0 radical (unpaired) electrons. The number of fused-ring (bicyclic) bond motifs is 3. The molecule has 0 saturated carbocycles. The van der Waals surface area contributed by atoms with E-state index < -0.39 is 0 Å². The van der Waals surface area contributed by atoms with Gasteiger partial charge in [0.2, 0.25) is 5.95 Å². The number of benzene rings is 1. The average molecular weight is 445 g/mol. The van der Waals surface area contributed by atoms with Gasteiger partial charge in [0.1, 0.15) is 11.3 Å². The van der Waals surface area contributed by atoms with Crippen molar-refractivity contribution in [2.45, 2.75) is 45.6 Å². The van der Waals surface area contributed by atoms with Gasteiger partial charge in [-0.25, -0.2) is 15.0 Å². The van der Waals surface area contributed by atoms with E-state index in [9.17, 15) is 0 Å². The number of hydrogen-bond donors (Lipinski definition) is 2. The molecule has 0 atom stereocenters. The molecule has 1 aliphatic rings. The standard InChI is InChI=1S/C26H32N6O/c1-18(2)32-14-11-20-5-6-21-16-28-26(30-24(21)25(20)32)29-23-8-7-22(17-27-23)31-12-9-19(10-13-31)4-3-15-33/h5-8,11,14,16-19,33H,3-4,9-10,12-13,15H2,1-2H3,(H,27,28,29,30). The molecule has 1 saturated heterocycles. The lowest BCUT2D eigenvalue weighted by atomic mass is 9.92. The second kappa shape index (κ2) is 9.35. The van der Waals surface area contributed by atoms with Crippen molar-refractivity contribution in [1.29, 1.82) is 0 Å². The van der Waals surface area contributed by atoms with Gasteiger partial charge in [0.05, 0.1) is 17.4 Å². The Morgan fingerprint density at radius 3 is 2.58 bits per heavy atom. The first kappa shape index (κ1) is 21.6. The minimum Gasteiger partial charge on any atom is -0.396 e. The van der Waals surface area contributed by atoms with Gasteiger partial charge in [-0.1, -0.05) is 12.1 Å². The summed E-state index contributed by atoms with van der Waals surface area (Å²) >= 11 is 0. The van der Waals surface area contributed by atoms with Crippen molar-refractivity contribution in [2.75, 3.05) is 29.9 Å². The number of pyridine rings is 1. The second-order valence-electron chi connectivity index (χ2n) is 9.27. The van der Waals surface area contributed by atoms with Gasteiger partial charge in [0, 0.05) is 48.9 Å². The van der Waals surface area contributed by atoms with E-state index in [1.807, 2.05) is 18.5 Å². The SMILES string of the molecule is CC(C)n1ccc2ccc3cnc(Nc4ccc(N5CCC(CCCO)CC5)cn4)nc3c21. The van der Waals surface area contributed by atoms with Crippen LogP contribution in [0.2, 0.25) is 0 Å². The van der Waals surface area contributed by atoms with Gasteiger partial charge < -0.3 is 19.9 Å². The van der Waals surface area contributed by atoms with Crippen LogP contribution in [-0.4, -0.2) is 44.3 Å². The number of hydrogen-bond acceptors (Lipinski definition) is 6. The molecule has 0 amide bonds. The third kappa shape index (κ3) is 4.50. The molecule has 0 bridgehead atoms. The van der Waals surface area contributed by atoms with Crippen LogP contribution in [0.5, 0.6) is 0 Å². The van der Waals surface area contributed by atoms with Crippen molar-refractivity contribution in [1.82, 2.24) is 19.5 Å². The maximum Gasteiger partial charge on any atom is 0.228 e. The lowest BCUT2D eigenvalue weighted by Crippen LogP contribution is -2.33. The van der Waals surface area contributed by atoms with Crippen LogP contribution in [0.4, 0.5) is 17.5 Å². The molecule has 4 heterocycles. The third-order valence-corrected chi connectivity index (χ3v) is 6.72. The summed E-state index contributed by atoms with van der Waals surface area (Å²) in [5.41, 5.74) is 3.24. The Morgan fingerprint density at radius 2 is 1.85 bits per heavy atom. The van der Waals surface area contributed by atoms with Gasteiger partial charge >= 0.3 is 0 Å². The van der Waals surface area contributed by atoms with Crippen molar-refractivity contribution < 1.29 is 5.11 Å². The molecule has 4 aromatic rings. The quantitative estimate of drug-likeness (QED) is 0.403. The molecule has 2 N–H and O–H groups in total. The minimum absolute atomic E-state index is 0.300. The van der Waals surface area contributed by atoms with Gasteiger partial charge in [-0.2, -0.15) is 0 Å². The Morgan fingerprint density at radius 1 is 1.03 bits per heavy atom. The smallest absolute Gasteiger partial charge is 0.228 e. The summed E-state index contributed by atoms with van der Waals surface area (Å²) in [5.74, 6) is 2.02. The van der Waals surface area contributed by atoms with Crippen molar-refractivity contribution in [3.05, 3.63) is 48.9 Å². The highest BCUT2D eigenvalue weighted by atomic mass is 16.2. The summed E-state index contributed by atoms with van der Waals surface area (Å²) in [7, 11) is 0. The summed E-state index contributed by atoms with van der Waals surface area (Å²) in [6.45, 7) is 6.76. The fourth-order valence-corrected chi connectivity index (χ4v) is 4.85. The Hall–Kier alpha value is -3.19. The largest absolute Gasteiger partial charge is 0.396 e. The predicted molar refractivity (Wildman–Crippen MR) is 134 cm³/mol. The fourth-order valence-electron chi connectivity index (χ4n) is 4.85. The molecule has 3 aromatic heterocycles. The third-order valence-electron chi connectivity index (χ3n) is 6.72. The summed E-state index contributed by atoms with van der Waals surface area (Å²) in [5, 5.41) is 14.5. The predicted octanol–water partition coefficient (Wildman–Crippen LogP) is 5.29. The van der Waals surface area contributed by atoms with Crippen LogP contribution < -0.4 is 10.2 Å². The van der Waals surface area contributed by atoms with Crippen molar-refractivity contribution in [3.8, 4) is 0 Å². The molecule has 172 valence electrons. The molecule has 0 spiro atoms. The fraction of sp³-hybridized carbons (Fsp3) is 0.423. The molecule has 7 heteroatoms. The highest BCUT2D eigenvalue weighted by Gasteiger charge is 2.19. The highest BCUT2D eigenvalue weighted by Crippen LogP contribution is 2.29. The molecule has 1 aliphatic heterocycles. The Kier molecular flexibility index (Phi) is 6.13. The summed E-state index contributed by atoms with van der Waals surface area (Å²) in [4.78, 5) is 16.4. The molecule has 1 fully saturated rings. The zero-order valence-electron chi connectivity index (χ0n) is 19.4. The summed E-state index contributed by atoms with van der Waals surface area (Å²) in [6.07, 6.45) is 10.3. The zero-order chi connectivity index (χ0) is 22.8. The number of aliphatic hydroxyl groups is 1. The first-order valence-corrected chi connectivity index (χ1v) is 12.0. The summed E-state index contributed by atoms with van der Waals surface area (Å²) in [6, 6.07) is 10.8. The van der Waals surface area contributed by atoms with Crippen LogP contribution in [-0.2, 0) is 0 Å². The van der Waals surface area contributed by atoms with E-state index in [4.69, 9.17) is 10.1 Å². The monoisotopic (exact) mass is 444 g/mol. The van der Waals surface area contributed by atoms with Gasteiger partial charge in [-0.3, -0.25) is 0 Å². The number of aromatic nitrogens is 4. The van der Waals surface area contributed by atoms with E-state index in [0.29, 0.717) is 18.6 Å². The van der Waals surface area contributed by atoms with Crippen molar-refractivity contribution >= 4 is 39.3 Å². The first-order chi connectivity index (χ1) is 16.1. The summed E-state index contributed by atoms with van der Waals surface area (Å²) < 4.78 is 2.26. The Balaban J connectivity index is 1.32. The van der Waals surface area contributed by atoms with Crippen LogP contribution in [0.1, 0.15) is 45.6 Å². The number of nitrogens with one attached hydrogen (secondary N) is 1. The maximum atomic E-state index is 9.05. The average Bonchev–Trinajstić information content (AvgIpc) is 3.29. The van der Waals surface area contributed by atoms with E-state index in [2.05, 4.69) is 69.1 Å². The van der Waals surface area contributed by atoms with Gasteiger partial charge in [0.15, 0.2) is 0 Å². The van der Waals surface area contributed by atoms with Crippen LogP contribution in [0, 0.1) is 5.92 Å². The van der Waals surface area contributed by atoms with Crippen LogP contribution in [0.15, 0.2) is 48.9 Å². The molecule has 7 nitrogen and oxygen atoms in total. The van der Waals surface area contributed by atoms with E-state index in [0.717, 1.165) is 59.8 Å². The molecule has 0 aliphatic carbocycles. The van der Waals surface area contributed by atoms with E-state index in [1.54, 1.807) is 0 Å². The molecular weight excluding hydrogens is 412 g/mol. The van der Waals surface area contributed by atoms with Gasteiger partial charge in [-0.05, 0) is 63.6 Å². The van der Waals surface area contributed by atoms with E-state index >= 15 is 0 Å². The van der Waals surface area contributed by atoms with Crippen LogP contribution >= 0.6 is 0 Å². The van der Waals surface area contributed by atoms with E-state index in [1.165, 1.54) is 18.2 Å². The maximum absolute atomic E-state index is 9.05. The minimum atomic E-state index is 0.300. The lowest BCUT2D eigenvalue weighted by Gasteiger charge is -2.33. The molecule has 5 rings (SSSR count). The topological polar surface area (TPSA) is 79.1 Å². The molecule has 1 aromatic carbocycles. The highest BCUT2D eigenvalue weighted by molar-refractivity contribution is 6.03. The normalized spacial score (nSPS) is 15.1. The lowest BCUT2D eigenvalue weighted by molar-refractivity contribution is 0.261. The second-order valence-corrected chi connectivity index (χ2v) is 9.27. The first-order valence-electron chi connectivity index (χ1n) is 12.0. The number of anilines is 3. The Bertz CT molecular complexity index is 1220. The van der Waals surface area contributed by atoms with Crippen LogP contribution in [0.3, 0.4) is 0 Å². The van der Waals surface area contributed by atoms with Crippen LogP contribution in [0.25, 0.3) is 21.8 Å². The number of aliphatic hydroxyl groups excluding tert-OH is 1. The van der Waals surface area contributed by atoms with Crippen molar-refractivity contribution in [2.24, 2.45) is 5.92 Å². The zero-order valence-corrected chi connectivity index (χ0v) is 19.4. The number of nitrogens with zero attached hydrogens (tertiary/aromatic N) is 5. The van der Waals surface area contributed by atoms with Gasteiger partial charge in [0.25, 0.3) is 0 Å². The van der Waals surface area contributed by atoms with Gasteiger partial charge in [-0.15, -0.1) is 0 Å². The molecular formula is C26H32N6O. The molecule has 33 heavy (non-hydrogen) atoms.